The summed E-state index contributed by atoms with van der Waals surface area (Å²) in [5.74, 6) is -0.993. The molecule has 0 aliphatic heterocycles. The average molecular weight is 347 g/mol. The predicted octanol–water partition coefficient (Wildman–Crippen LogP) is 4.11. The van der Waals surface area contributed by atoms with Gasteiger partial charge in [0.25, 0.3) is 0 Å². The van der Waals surface area contributed by atoms with Crippen molar-refractivity contribution in [3.05, 3.63) is 70.0 Å². The van der Waals surface area contributed by atoms with Gasteiger partial charge in [0.05, 0.1) is 16.0 Å². The minimum Gasteiger partial charge on any atom is -0.461 e. The second-order valence-corrected chi connectivity index (χ2v) is 6.36. The Kier molecular flexibility index (Phi) is 4.67. The Morgan fingerprint density at radius 1 is 1.25 bits per heavy atom. The number of esters is 1. The van der Waals surface area contributed by atoms with Crippen LogP contribution in [0, 0.1) is 5.82 Å². The van der Waals surface area contributed by atoms with Crippen molar-refractivity contribution in [2.45, 2.75) is 24.7 Å². The first-order chi connectivity index (χ1) is 11.6. The van der Waals surface area contributed by atoms with Crippen molar-refractivity contribution in [2.24, 2.45) is 0 Å². The molecule has 0 bridgehead atoms. The number of fused-ring (bicyclic) bond motifs is 1. The highest BCUT2D eigenvalue weighted by atomic mass is 35.5. The molecule has 0 aromatic heterocycles. The second kappa shape index (κ2) is 6.73. The first-order valence-corrected chi connectivity index (χ1v) is 8.11. The molecule has 1 atom stereocenters. The Morgan fingerprint density at radius 2 is 2.00 bits per heavy atom. The summed E-state index contributed by atoms with van der Waals surface area (Å²) in [7, 11) is 0. The summed E-state index contributed by atoms with van der Waals surface area (Å²) in [6, 6.07) is 11.7. The number of rotatable bonds is 4. The van der Waals surface area contributed by atoms with Gasteiger partial charge in [-0.2, -0.15) is 0 Å². The molecule has 5 heteroatoms. The molecule has 2 aromatic rings. The minimum atomic E-state index is -1.02. The molecule has 0 amide bonds. The zero-order chi connectivity index (χ0) is 17.2. The third-order valence-corrected chi connectivity index (χ3v) is 4.77. The van der Waals surface area contributed by atoms with Gasteiger partial charge < -0.3 is 9.53 Å². The Balaban J connectivity index is 1.88. The maximum atomic E-state index is 14.3. The SMILES string of the molecule is O=CC1(COC(=O)c2ccccc2)CCCc2c1ccc(Cl)c2F. The van der Waals surface area contributed by atoms with Crippen molar-refractivity contribution >= 4 is 23.9 Å². The molecule has 0 saturated carbocycles. The topological polar surface area (TPSA) is 43.4 Å². The van der Waals surface area contributed by atoms with E-state index in [4.69, 9.17) is 16.3 Å². The molecule has 0 saturated heterocycles. The second-order valence-electron chi connectivity index (χ2n) is 5.96. The molecule has 3 rings (SSSR count). The number of hydrogen-bond acceptors (Lipinski definition) is 3. The van der Waals surface area contributed by atoms with Gasteiger partial charge in [-0.25, -0.2) is 9.18 Å². The highest BCUT2D eigenvalue weighted by Crippen LogP contribution is 2.39. The van der Waals surface area contributed by atoms with Crippen LogP contribution in [0.3, 0.4) is 0 Å². The van der Waals surface area contributed by atoms with Crippen LogP contribution in [0.2, 0.25) is 5.02 Å². The van der Waals surface area contributed by atoms with Gasteiger partial charge in [0.15, 0.2) is 0 Å². The summed E-state index contributed by atoms with van der Waals surface area (Å²) >= 11 is 5.84. The van der Waals surface area contributed by atoms with Gasteiger partial charge in [-0.1, -0.05) is 35.9 Å². The van der Waals surface area contributed by atoms with Crippen LogP contribution in [0.15, 0.2) is 42.5 Å². The lowest BCUT2D eigenvalue weighted by molar-refractivity contribution is -0.114. The van der Waals surface area contributed by atoms with Gasteiger partial charge in [0.1, 0.15) is 18.7 Å². The molecule has 0 heterocycles. The maximum absolute atomic E-state index is 14.3. The fourth-order valence-corrected chi connectivity index (χ4v) is 3.35. The molecule has 0 N–H and O–H groups in total. The van der Waals surface area contributed by atoms with E-state index in [0.717, 1.165) is 6.29 Å². The van der Waals surface area contributed by atoms with Crippen LogP contribution in [0.25, 0.3) is 0 Å². The van der Waals surface area contributed by atoms with Crippen LogP contribution in [0.1, 0.15) is 34.3 Å². The van der Waals surface area contributed by atoms with E-state index in [-0.39, 0.29) is 11.6 Å². The van der Waals surface area contributed by atoms with Crippen molar-refractivity contribution in [2.75, 3.05) is 6.61 Å². The lowest BCUT2D eigenvalue weighted by Crippen LogP contribution is -2.38. The first-order valence-electron chi connectivity index (χ1n) is 7.73. The van der Waals surface area contributed by atoms with Crippen LogP contribution in [0.4, 0.5) is 4.39 Å². The quantitative estimate of drug-likeness (QED) is 0.618. The van der Waals surface area contributed by atoms with E-state index in [1.165, 1.54) is 6.07 Å². The summed E-state index contributed by atoms with van der Waals surface area (Å²) in [6.07, 6.45) is 2.42. The molecule has 1 aliphatic rings. The monoisotopic (exact) mass is 346 g/mol. The van der Waals surface area contributed by atoms with Crippen molar-refractivity contribution in [1.82, 2.24) is 0 Å². The summed E-state index contributed by atoms with van der Waals surface area (Å²) in [4.78, 5) is 24.0. The predicted molar refractivity (Wildman–Crippen MR) is 88.8 cm³/mol. The van der Waals surface area contributed by atoms with Crippen molar-refractivity contribution in [1.29, 1.82) is 0 Å². The first kappa shape index (κ1) is 16.7. The fraction of sp³-hybridized carbons (Fsp3) is 0.263. The van der Waals surface area contributed by atoms with Crippen molar-refractivity contribution in [3.63, 3.8) is 0 Å². The highest BCUT2D eigenvalue weighted by Gasteiger charge is 2.39. The van der Waals surface area contributed by atoms with Gasteiger partial charge in [0.2, 0.25) is 0 Å². The largest absolute Gasteiger partial charge is 0.461 e. The van der Waals surface area contributed by atoms with Gasteiger partial charge in [-0.05, 0) is 48.6 Å². The molecule has 2 aromatic carbocycles. The minimum absolute atomic E-state index is 0.0386. The van der Waals surface area contributed by atoms with Gasteiger partial charge in [0, 0.05) is 0 Å². The Hall–Kier alpha value is -2.20. The van der Waals surface area contributed by atoms with Gasteiger partial charge >= 0.3 is 5.97 Å². The van der Waals surface area contributed by atoms with E-state index < -0.39 is 17.2 Å². The highest BCUT2D eigenvalue weighted by molar-refractivity contribution is 6.30. The van der Waals surface area contributed by atoms with Crippen LogP contribution < -0.4 is 0 Å². The van der Waals surface area contributed by atoms with E-state index in [9.17, 15) is 14.0 Å². The number of hydrogen-bond donors (Lipinski definition) is 0. The number of benzene rings is 2. The van der Waals surface area contributed by atoms with E-state index >= 15 is 0 Å². The lowest BCUT2D eigenvalue weighted by Gasteiger charge is -2.34. The van der Waals surface area contributed by atoms with Crippen molar-refractivity contribution < 1.29 is 18.7 Å². The number of carbonyl (C=O) groups excluding carboxylic acids is 2. The van der Waals surface area contributed by atoms with Crippen LogP contribution in [-0.2, 0) is 21.4 Å². The Bertz CT molecular complexity index is 776. The van der Waals surface area contributed by atoms with Crippen molar-refractivity contribution in [3.8, 4) is 0 Å². The van der Waals surface area contributed by atoms with Gasteiger partial charge in [-0.15, -0.1) is 0 Å². The molecule has 124 valence electrons. The molecular weight excluding hydrogens is 331 g/mol. The van der Waals surface area contributed by atoms with E-state index in [1.807, 2.05) is 0 Å². The fourth-order valence-electron chi connectivity index (χ4n) is 3.18. The standard InChI is InChI=1S/C19H16ClFO3/c20-16-9-8-15-14(17(16)21)7-4-10-19(15,11-22)12-24-18(23)13-5-2-1-3-6-13/h1-3,5-6,8-9,11H,4,7,10,12H2. The molecule has 1 aliphatic carbocycles. The number of halogens is 2. The summed E-state index contributed by atoms with van der Waals surface area (Å²) in [5, 5.41) is 0.0386. The third-order valence-electron chi connectivity index (χ3n) is 4.48. The van der Waals surface area contributed by atoms with E-state index in [2.05, 4.69) is 0 Å². The average Bonchev–Trinajstić information content (AvgIpc) is 2.63. The molecule has 0 radical (unpaired) electrons. The van der Waals surface area contributed by atoms with Crippen LogP contribution >= 0.6 is 11.6 Å². The maximum Gasteiger partial charge on any atom is 0.338 e. The lowest BCUT2D eigenvalue weighted by atomic mass is 9.71. The molecular formula is C19H16ClFO3. The summed E-state index contributed by atoms with van der Waals surface area (Å²) in [6.45, 7) is -0.113. The Labute approximate surface area is 144 Å². The summed E-state index contributed by atoms with van der Waals surface area (Å²) < 4.78 is 19.6. The molecule has 0 spiro atoms. The molecule has 3 nitrogen and oxygen atoms in total. The Morgan fingerprint density at radius 3 is 2.71 bits per heavy atom. The molecule has 1 unspecified atom stereocenters. The smallest absolute Gasteiger partial charge is 0.338 e. The van der Waals surface area contributed by atoms with E-state index in [1.54, 1.807) is 36.4 Å². The molecule has 24 heavy (non-hydrogen) atoms. The zero-order valence-corrected chi connectivity index (χ0v) is 13.7. The number of carbonyl (C=O) groups is 2. The third kappa shape index (κ3) is 2.94. The normalized spacial score (nSPS) is 19.4. The zero-order valence-electron chi connectivity index (χ0n) is 12.9. The number of aldehydes is 1. The molecule has 0 fully saturated rings. The summed E-state index contributed by atoms with van der Waals surface area (Å²) in [5.41, 5.74) is 0.392. The van der Waals surface area contributed by atoms with Crippen LogP contribution in [-0.4, -0.2) is 18.9 Å². The van der Waals surface area contributed by atoms with Crippen LogP contribution in [0.5, 0.6) is 0 Å². The number of ether oxygens (including phenoxy) is 1. The van der Waals surface area contributed by atoms with E-state index in [0.29, 0.717) is 36.0 Å². The van der Waals surface area contributed by atoms with Gasteiger partial charge in [-0.3, -0.25) is 0 Å².